The van der Waals surface area contributed by atoms with Crippen molar-refractivity contribution in [2.24, 2.45) is 0 Å². The van der Waals surface area contributed by atoms with Gasteiger partial charge < -0.3 is 15.0 Å². The van der Waals surface area contributed by atoms with Crippen LogP contribution in [0, 0.1) is 0 Å². The van der Waals surface area contributed by atoms with Gasteiger partial charge in [0.05, 0.1) is 22.8 Å². The van der Waals surface area contributed by atoms with Gasteiger partial charge in [0.2, 0.25) is 5.91 Å². The second-order valence-corrected chi connectivity index (χ2v) is 6.79. The van der Waals surface area contributed by atoms with Gasteiger partial charge in [-0.2, -0.15) is 0 Å². The minimum atomic E-state index is -0.540. The molecule has 26 heavy (non-hydrogen) atoms. The predicted molar refractivity (Wildman–Crippen MR) is 102 cm³/mol. The second kappa shape index (κ2) is 7.98. The summed E-state index contributed by atoms with van der Waals surface area (Å²) in [4.78, 5) is 27.1. The molecule has 0 unspecified atom stereocenters. The largest absolute Gasteiger partial charge is 0.495 e. The molecule has 1 atom stereocenters. The number of nitrogens with zero attached hydrogens (tertiary/aromatic N) is 1. The van der Waals surface area contributed by atoms with Crippen LogP contribution in [0.3, 0.4) is 0 Å². The van der Waals surface area contributed by atoms with Crippen molar-refractivity contribution in [3.05, 3.63) is 58.1 Å². The maximum Gasteiger partial charge on any atom is 0.254 e. The highest BCUT2D eigenvalue weighted by atomic mass is 35.5. The molecule has 0 spiro atoms. The van der Waals surface area contributed by atoms with Crippen LogP contribution in [0.1, 0.15) is 23.2 Å². The number of hydrogen-bond donors (Lipinski definition) is 1. The summed E-state index contributed by atoms with van der Waals surface area (Å²) in [6.45, 7) is 0.517. The van der Waals surface area contributed by atoms with Gasteiger partial charge in [-0.05, 0) is 43.2 Å². The van der Waals surface area contributed by atoms with E-state index in [0.29, 0.717) is 40.0 Å². The maximum absolute atomic E-state index is 12.8. The number of rotatable bonds is 4. The normalized spacial score (nSPS) is 16.4. The molecule has 7 heteroatoms. The van der Waals surface area contributed by atoms with E-state index in [1.54, 1.807) is 36.3 Å². The summed E-state index contributed by atoms with van der Waals surface area (Å²) in [5, 5.41) is 3.55. The fourth-order valence-electron chi connectivity index (χ4n) is 3.04. The Balaban J connectivity index is 1.77. The van der Waals surface area contributed by atoms with Crippen molar-refractivity contribution in [3.8, 4) is 5.75 Å². The standard InChI is InChI=1S/C19H18Cl2N2O3/c1-26-17-7-3-2-5-15(17)22-18(24)16-6-4-10-23(16)19(25)12-8-9-13(20)14(21)11-12/h2-3,5,7-9,11,16H,4,6,10H2,1H3,(H,22,24)/t16-/m1/s1. The Kier molecular flexibility index (Phi) is 5.69. The van der Waals surface area contributed by atoms with Gasteiger partial charge in [-0.25, -0.2) is 0 Å². The molecule has 1 aliphatic heterocycles. The SMILES string of the molecule is COc1ccccc1NC(=O)[C@H]1CCCN1C(=O)c1ccc(Cl)c(Cl)c1. The number of amides is 2. The average Bonchev–Trinajstić information content (AvgIpc) is 3.13. The van der Waals surface area contributed by atoms with Gasteiger partial charge in [0.25, 0.3) is 5.91 Å². The quantitative estimate of drug-likeness (QED) is 0.845. The fraction of sp³-hybridized carbons (Fsp3) is 0.263. The molecule has 1 saturated heterocycles. The summed E-state index contributed by atoms with van der Waals surface area (Å²) >= 11 is 11.9. The van der Waals surface area contributed by atoms with Gasteiger partial charge in [-0.15, -0.1) is 0 Å². The molecule has 1 N–H and O–H groups in total. The van der Waals surface area contributed by atoms with Gasteiger partial charge in [0, 0.05) is 12.1 Å². The Morgan fingerprint density at radius 2 is 1.92 bits per heavy atom. The molecule has 0 bridgehead atoms. The van der Waals surface area contributed by atoms with Crippen molar-refractivity contribution in [3.63, 3.8) is 0 Å². The zero-order valence-corrected chi connectivity index (χ0v) is 15.7. The van der Waals surface area contributed by atoms with Crippen molar-refractivity contribution < 1.29 is 14.3 Å². The minimum absolute atomic E-state index is 0.235. The number of nitrogens with one attached hydrogen (secondary N) is 1. The van der Waals surface area contributed by atoms with Crippen LogP contribution in [0.5, 0.6) is 5.75 Å². The molecule has 2 aromatic rings. The van der Waals surface area contributed by atoms with E-state index in [9.17, 15) is 9.59 Å². The van der Waals surface area contributed by atoms with Crippen molar-refractivity contribution in [2.75, 3.05) is 19.0 Å². The Morgan fingerprint density at radius 3 is 2.65 bits per heavy atom. The number of benzene rings is 2. The van der Waals surface area contributed by atoms with Crippen LogP contribution in [-0.4, -0.2) is 36.4 Å². The first-order valence-electron chi connectivity index (χ1n) is 8.21. The first-order valence-corrected chi connectivity index (χ1v) is 8.96. The molecule has 0 aliphatic carbocycles. The number of carbonyl (C=O) groups excluding carboxylic acids is 2. The fourth-order valence-corrected chi connectivity index (χ4v) is 3.34. The Morgan fingerprint density at radius 1 is 1.15 bits per heavy atom. The third-order valence-corrected chi connectivity index (χ3v) is 5.09. The van der Waals surface area contributed by atoms with Crippen LogP contribution < -0.4 is 10.1 Å². The van der Waals surface area contributed by atoms with E-state index in [4.69, 9.17) is 27.9 Å². The Labute approximate surface area is 161 Å². The number of likely N-dealkylation sites (tertiary alicyclic amines) is 1. The topological polar surface area (TPSA) is 58.6 Å². The third kappa shape index (κ3) is 3.79. The van der Waals surface area contributed by atoms with E-state index in [1.165, 1.54) is 6.07 Å². The number of para-hydroxylation sites is 2. The Bertz CT molecular complexity index is 841. The molecule has 0 saturated carbocycles. The summed E-state index contributed by atoms with van der Waals surface area (Å²) in [6.07, 6.45) is 1.37. The lowest BCUT2D eigenvalue weighted by atomic mass is 10.1. The molecule has 2 aromatic carbocycles. The predicted octanol–water partition coefficient (Wildman–Crippen LogP) is 4.25. The van der Waals surface area contributed by atoms with E-state index in [1.807, 2.05) is 12.1 Å². The van der Waals surface area contributed by atoms with Gasteiger partial charge in [0.1, 0.15) is 11.8 Å². The number of halogens is 2. The van der Waals surface area contributed by atoms with Crippen LogP contribution in [0.2, 0.25) is 10.0 Å². The van der Waals surface area contributed by atoms with E-state index >= 15 is 0 Å². The van der Waals surface area contributed by atoms with Crippen LogP contribution >= 0.6 is 23.2 Å². The third-order valence-electron chi connectivity index (χ3n) is 4.35. The molecule has 1 fully saturated rings. The molecule has 136 valence electrons. The zero-order valence-electron chi connectivity index (χ0n) is 14.2. The van der Waals surface area contributed by atoms with E-state index in [-0.39, 0.29) is 11.8 Å². The molecular formula is C19H18Cl2N2O3. The van der Waals surface area contributed by atoms with Crippen LogP contribution in [0.4, 0.5) is 5.69 Å². The molecule has 0 radical (unpaired) electrons. The van der Waals surface area contributed by atoms with Gasteiger partial charge in [-0.1, -0.05) is 35.3 Å². The zero-order chi connectivity index (χ0) is 18.7. The number of hydrogen-bond acceptors (Lipinski definition) is 3. The van der Waals surface area contributed by atoms with Crippen molar-refractivity contribution in [1.82, 2.24) is 4.90 Å². The summed E-state index contributed by atoms with van der Waals surface area (Å²) in [5.41, 5.74) is 0.991. The lowest BCUT2D eigenvalue weighted by Crippen LogP contribution is -2.43. The first kappa shape index (κ1) is 18.5. The molecule has 5 nitrogen and oxygen atoms in total. The van der Waals surface area contributed by atoms with Crippen LogP contribution in [0.25, 0.3) is 0 Å². The Hall–Kier alpha value is -2.24. The van der Waals surface area contributed by atoms with Crippen molar-refractivity contribution in [1.29, 1.82) is 0 Å². The van der Waals surface area contributed by atoms with E-state index in [2.05, 4.69) is 5.32 Å². The van der Waals surface area contributed by atoms with Crippen LogP contribution in [0.15, 0.2) is 42.5 Å². The van der Waals surface area contributed by atoms with Crippen molar-refractivity contribution >= 4 is 40.7 Å². The average molecular weight is 393 g/mol. The lowest BCUT2D eigenvalue weighted by Gasteiger charge is -2.24. The number of ether oxygens (including phenoxy) is 1. The smallest absolute Gasteiger partial charge is 0.254 e. The lowest BCUT2D eigenvalue weighted by molar-refractivity contribution is -0.119. The summed E-state index contributed by atoms with van der Waals surface area (Å²) in [6, 6.07) is 11.3. The maximum atomic E-state index is 12.8. The molecule has 1 heterocycles. The number of carbonyl (C=O) groups is 2. The highest BCUT2D eigenvalue weighted by molar-refractivity contribution is 6.42. The van der Waals surface area contributed by atoms with Crippen molar-refractivity contribution in [2.45, 2.75) is 18.9 Å². The highest BCUT2D eigenvalue weighted by Gasteiger charge is 2.35. The van der Waals surface area contributed by atoms with Gasteiger partial charge in [0.15, 0.2) is 0 Å². The second-order valence-electron chi connectivity index (χ2n) is 5.97. The number of methoxy groups -OCH3 is 1. The number of anilines is 1. The minimum Gasteiger partial charge on any atom is -0.495 e. The molecular weight excluding hydrogens is 375 g/mol. The molecule has 0 aromatic heterocycles. The van der Waals surface area contributed by atoms with E-state index < -0.39 is 6.04 Å². The molecule has 2 amide bonds. The highest BCUT2D eigenvalue weighted by Crippen LogP contribution is 2.28. The monoisotopic (exact) mass is 392 g/mol. The molecule has 3 rings (SSSR count). The van der Waals surface area contributed by atoms with Crippen LogP contribution in [-0.2, 0) is 4.79 Å². The summed E-state index contributed by atoms with van der Waals surface area (Å²) in [7, 11) is 1.54. The van der Waals surface area contributed by atoms with Gasteiger partial charge in [-0.3, -0.25) is 9.59 Å². The molecule has 1 aliphatic rings. The van der Waals surface area contributed by atoms with E-state index in [0.717, 1.165) is 6.42 Å². The van der Waals surface area contributed by atoms with Gasteiger partial charge >= 0.3 is 0 Å². The first-order chi connectivity index (χ1) is 12.5. The summed E-state index contributed by atoms with van der Waals surface area (Å²) < 4.78 is 5.25. The summed E-state index contributed by atoms with van der Waals surface area (Å²) in [5.74, 6) is 0.0999.